The molecule has 0 atom stereocenters. The van der Waals surface area contributed by atoms with Crippen LogP contribution in [0.3, 0.4) is 0 Å². The van der Waals surface area contributed by atoms with Crippen molar-refractivity contribution in [2.75, 3.05) is 0 Å². The molecule has 0 amide bonds. The standard InChI is InChI=1S/C17H12N2O/c1-2-5-12(6-3-1)14-9-16(20-11-14)15-8-4-7-13-10-18-19-17(13)15/h1-11H,(H,18,19). The second-order valence-electron chi connectivity index (χ2n) is 4.71. The van der Waals surface area contributed by atoms with E-state index in [9.17, 15) is 0 Å². The molecule has 4 rings (SSSR count). The van der Waals surface area contributed by atoms with Crippen molar-refractivity contribution in [1.82, 2.24) is 10.2 Å². The molecule has 0 unspecified atom stereocenters. The third-order valence-electron chi connectivity index (χ3n) is 3.45. The Morgan fingerprint density at radius 1 is 0.900 bits per heavy atom. The third-order valence-corrected chi connectivity index (χ3v) is 3.45. The van der Waals surface area contributed by atoms with Crippen molar-refractivity contribution in [3.05, 3.63) is 67.1 Å². The van der Waals surface area contributed by atoms with Gasteiger partial charge >= 0.3 is 0 Å². The molecule has 2 heterocycles. The van der Waals surface area contributed by atoms with Gasteiger partial charge in [0.05, 0.1) is 18.0 Å². The van der Waals surface area contributed by atoms with Gasteiger partial charge in [-0.15, -0.1) is 0 Å². The number of benzene rings is 2. The van der Waals surface area contributed by atoms with Crippen molar-refractivity contribution in [3.63, 3.8) is 0 Å². The predicted molar refractivity (Wildman–Crippen MR) is 79.2 cm³/mol. The number of rotatable bonds is 2. The van der Waals surface area contributed by atoms with Crippen molar-refractivity contribution in [1.29, 1.82) is 0 Å². The maximum Gasteiger partial charge on any atom is 0.136 e. The molecule has 20 heavy (non-hydrogen) atoms. The Morgan fingerprint density at radius 2 is 1.80 bits per heavy atom. The van der Waals surface area contributed by atoms with Gasteiger partial charge in [-0.2, -0.15) is 5.10 Å². The van der Waals surface area contributed by atoms with Gasteiger partial charge in [0.15, 0.2) is 0 Å². The molecular formula is C17H12N2O. The highest BCUT2D eigenvalue weighted by Crippen LogP contribution is 2.31. The SMILES string of the molecule is c1ccc(-c2coc(-c3cccc4cn[nH]c34)c2)cc1. The van der Waals surface area contributed by atoms with E-state index < -0.39 is 0 Å². The zero-order valence-electron chi connectivity index (χ0n) is 10.7. The Morgan fingerprint density at radius 3 is 2.70 bits per heavy atom. The van der Waals surface area contributed by atoms with Crippen molar-refractivity contribution >= 4 is 10.9 Å². The van der Waals surface area contributed by atoms with Gasteiger partial charge in [0.2, 0.25) is 0 Å². The molecule has 0 saturated carbocycles. The van der Waals surface area contributed by atoms with E-state index >= 15 is 0 Å². The molecule has 3 nitrogen and oxygen atoms in total. The molecule has 0 radical (unpaired) electrons. The zero-order chi connectivity index (χ0) is 13.4. The van der Waals surface area contributed by atoms with E-state index in [2.05, 4.69) is 28.4 Å². The van der Waals surface area contributed by atoms with E-state index in [1.54, 1.807) is 6.26 Å². The van der Waals surface area contributed by atoms with Crippen LogP contribution in [0.4, 0.5) is 0 Å². The van der Waals surface area contributed by atoms with Crippen molar-refractivity contribution in [3.8, 4) is 22.5 Å². The lowest BCUT2D eigenvalue weighted by atomic mass is 10.1. The Hall–Kier alpha value is -2.81. The zero-order valence-corrected chi connectivity index (χ0v) is 10.7. The van der Waals surface area contributed by atoms with Crippen LogP contribution in [0.25, 0.3) is 33.4 Å². The molecule has 96 valence electrons. The molecule has 0 bridgehead atoms. The highest BCUT2D eigenvalue weighted by atomic mass is 16.3. The molecule has 0 spiro atoms. The first kappa shape index (κ1) is 11.1. The lowest BCUT2D eigenvalue weighted by Gasteiger charge is -1.98. The minimum absolute atomic E-state index is 0.846. The van der Waals surface area contributed by atoms with Gasteiger partial charge in [-0.1, -0.05) is 42.5 Å². The highest BCUT2D eigenvalue weighted by Gasteiger charge is 2.10. The third kappa shape index (κ3) is 1.72. The van der Waals surface area contributed by atoms with Crippen LogP contribution in [0.5, 0.6) is 0 Å². The number of para-hydroxylation sites is 1. The van der Waals surface area contributed by atoms with Crippen LogP contribution in [0.2, 0.25) is 0 Å². The van der Waals surface area contributed by atoms with Crippen molar-refractivity contribution < 1.29 is 4.42 Å². The molecular weight excluding hydrogens is 248 g/mol. The minimum atomic E-state index is 0.846. The first-order valence-corrected chi connectivity index (χ1v) is 6.48. The number of hydrogen-bond acceptors (Lipinski definition) is 2. The average Bonchev–Trinajstić information content (AvgIpc) is 3.17. The van der Waals surface area contributed by atoms with Gasteiger partial charge in [0.1, 0.15) is 5.76 Å². The lowest BCUT2D eigenvalue weighted by molar-refractivity contribution is 0.583. The van der Waals surface area contributed by atoms with Gasteiger partial charge in [-0.25, -0.2) is 0 Å². The number of nitrogens with one attached hydrogen (secondary N) is 1. The summed E-state index contributed by atoms with van der Waals surface area (Å²) < 4.78 is 5.73. The van der Waals surface area contributed by atoms with E-state index in [1.165, 1.54) is 0 Å². The minimum Gasteiger partial charge on any atom is -0.464 e. The van der Waals surface area contributed by atoms with Crippen molar-refractivity contribution in [2.45, 2.75) is 0 Å². The van der Waals surface area contributed by atoms with E-state index in [1.807, 2.05) is 42.6 Å². The summed E-state index contributed by atoms with van der Waals surface area (Å²) in [5.41, 5.74) is 4.26. The van der Waals surface area contributed by atoms with Crippen LogP contribution in [-0.2, 0) is 0 Å². The van der Waals surface area contributed by atoms with Gasteiger partial charge in [-0.05, 0) is 17.7 Å². The number of hydrogen-bond donors (Lipinski definition) is 1. The van der Waals surface area contributed by atoms with Crippen molar-refractivity contribution in [2.24, 2.45) is 0 Å². The summed E-state index contributed by atoms with van der Waals surface area (Å²) >= 11 is 0. The molecule has 2 aromatic carbocycles. The number of aromatic nitrogens is 2. The van der Waals surface area contributed by atoms with Crippen LogP contribution in [0.1, 0.15) is 0 Å². The van der Waals surface area contributed by atoms with Crippen LogP contribution >= 0.6 is 0 Å². The molecule has 0 aliphatic heterocycles. The van der Waals surface area contributed by atoms with E-state index in [0.717, 1.165) is 33.4 Å². The Bertz CT molecular complexity index is 859. The fourth-order valence-corrected chi connectivity index (χ4v) is 2.43. The lowest BCUT2D eigenvalue weighted by Crippen LogP contribution is -1.77. The topological polar surface area (TPSA) is 41.8 Å². The summed E-state index contributed by atoms with van der Waals surface area (Å²) in [6.07, 6.45) is 3.61. The quantitative estimate of drug-likeness (QED) is 0.577. The number of nitrogens with zero attached hydrogens (tertiary/aromatic N) is 1. The molecule has 0 aliphatic rings. The van der Waals surface area contributed by atoms with Crippen LogP contribution < -0.4 is 0 Å². The van der Waals surface area contributed by atoms with Crippen LogP contribution in [-0.4, -0.2) is 10.2 Å². The number of furan rings is 1. The predicted octanol–water partition coefficient (Wildman–Crippen LogP) is 4.49. The largest absolute Gasteiger partial charge is 0.464 e. The Labute approximate surface area is 115 Å². The summed E-state index contributed by atoms with van der Waals surface area (Å²) in [5, 5.41) is 8.19. The second kappa shape index (κ2) is 4.38. The summed E-state index contributed by atoms with van der Waals surface area (Å²) in [7, 11) is 0. The normalized spacial score (nSPS) is 11.0. The number of H-pyrrole nitrogens is 1. The number of aromatic amines is 1. The fraction of sp³-hybridized carbons (Fsp3) is 0. The smallest absolute Gasteiger partial charge is 0.136 e. The average molecular weight is 260 g/mol. The number of fused-ring (bicyclic) bond motifs is 1. The highest BCUT2D eigenvalue weighted by molar-refractivity contribution is 5.92. The van der Waals surface area contributed by atoms with Crippen LogP contribution in [0.15, 0.2) is 71.5 Å². The maximum absolute atomic E-state index is 5.73. The van der Waals surface area contributed by atoms with Crippen LogP contribution in [0, 0.1) is 0 Å². The summed E-state index contributed by atoms with van der Waals surface area (Å²) in [4.78, 5) is 0. The van der Waals surface area contributed by atoms with Gasteiger partial charge < -0.3 is 4.42 Å². The molecule has 1 N–H and O–H groups in total. The fourth-order valence-electron chi connectivity index (χ4n) is 2.43. The Kier molecular flexibility index (Phi) is 2.42. The summed E-state index contributed by atoms with van der Waals surface area (Å²) in [5.74, 6) is 0.846. The maximum atomic E-state index is 5.73. The molecule has 2 aromatic heterocycles. The van der Waals surface area contributed by atoms with Gasteiger partial charge in [-0.3, -0.25) is 5.10 Å². The first-order valence-electron chi connectivity index (χ1n) is 6.48. The van der Waals surface area contributed by atoms with E-state index in [4.69, 9.17) is 4.42 Å². The molecule has 4 aromatic rings. The molecule has 0 fully saturated rings. The van der Waals surface area contributed by atoms with Gasteiger partial charge in [0.25, 0.3) is 0 Å². The summed E-state index contributed by atoms with van der Waals surface area (Å²) in [6.45, 7) is 0. The molecule has 0 aliphatic carbocycles. The van der Waals surface area contributed by atoms with E-state index in [-0.39, 0.29) is 0 Å². The second-order valence-corrected chi connectivity index (χ2v) is 4.71. The summed E-state index contributed by atoms with van der Waals surface area (Å²) in [6, 6.07) is 18.3. The first-order chi connectivity index (χ1) is 9.92. The molecule has 3 heteroatoms. The molecule has 0 saturated heterocycles. The van der Waals surface area contributed by atoms with E-state index in [0.29, 0.717) is 0 Å². The van der Waals surface area contributed by atoms with Gasteiger partial charge in [0, 0.05) is 16.5 Å². The monoisotopic (exact) mass is 260 g/mol. The Balaban J connectivity index is 1.84.